The van der Waals surface area contributed by atoms with Crippen molar-refractivity contribution in [3.05, 3.63) is 35.9 Å². The van der Waals surface area contributed by atoms with E-state index in [4.69, 9.17) is 5.73 Å². The van der Waals surface area contributed by atoms with Crippen LogP contribution in [0.3, 0.4) is 0 Å². The van der Waals surface area contributed by atoms with Crippen molar-refractivity contribution in [2.24, 2.45) is 5.73 Å². The SMILES string of the molecule is CC(C)N(CC(N)=O)CC(=O)NCc1ccccc1. The Morgan fingerprint density at radius 1 is 1.21 bits per heavy atom. The van der Waals surface area contributed by atoms with Gasteiger partial charge in [-0.1, -0.05) is 30.3 Å². The molecule has 0 atom stereocenters. The highest BCUT2D eigenvalue weighted by atomic mass is 16.2. The predicted molar refractivity (Wildman–Crippen MR) is 74.2 cm³/mol. The average Bonchev–Trinajstić information content (AvgIpc) is 2.36. The van der Waals surface area contributed by atoms with Crippen LogP contribution >= 0.6 is 0 Å². The van der Waals surface area contributed by atoms with E-state index in [9.17, 15) is 9.59 Å². The van der Waals surface area contributed by atoms with Gasteiger partial charge in [-0.2, -0.15) is 0 Å². The summed E-state index contributed by atoms with van der Waals surface area (Å²) in [6.45, 7) is 4.60. The van der Waals surface area contributed by atoms with Crippen LogP contribution in [-0.2, 0) is 16.1 Å². The van der Waals surface area contributed by atoms with Gasteiger partial charge in [0.1, 0.15) is 0 Å². The third-order valence-electron chi connectivity index (χ3n) is 2.77. The summed E-state index contributed by atoms with van der Waals surface area (Å²) in [5, 5.41) is 2.82. The van der Waals surface area contributed by atoms with Crippen LogP contribution in [0.15, 0.2) is 30.3 Å². The Morgan fingerprint density at radius 3 is 2.37 bits per heavy atom. The molecule has 0 aliphatic heterocycles. The minimum Gasteiger partial charge on any atom is -0.369 e. The van der Waals surface area contributed by atoms with Crippen LogP contribution in [0.25, 0.3) is 0 Å². The molecular formula is C14H21N3O2. The molecule has 0 bridgehead atoms. The summed E-state index contributed by atoms with van der Waals surface area (Å²) in [4.78, 5) is 24.5. The van der Waals surface area contributed by atoms with Gasteiger partial charge in [-0.05, 0) is 19.4 Å². The number of carbonyl (C=O) groups is 2. The van der Waals surface area contributed by atoms with Crippen LogP contribution < -0.4 is 11.1 Å². The molecule has 0 unspecified atom stereocenters. The zero-order valence-electron chi connectivity index (χ0n) is 11.4. The molecule has 1 aromatic rings. The second-order valence-corrected chi connectivity index (χ2v) is 4.73. The monoisotopic (exact) mass is 263 g/mol. The Morgan fingerprint density at radius 2 is 1.84 bits per heavy atom. The molecule has 3 N–H and O–H groups in total. The number of nitrogens with one attached hydrogen (secondary N) is 1. The van der Waals surface area contributed by atoms with Crippen molar-refractivity contribution in [3.8, 4) is 0 Å². The van der Waals surface area contributed by atoms with Crippen LogP contribution in [0, 0.1) is 0 Å². The van der Waals surface area contributed by atoms with Crippen molar-refractivity contribution in [3.63, 3.8) is 0 Å². The number of nitrogens with zero attached hydrogens (tertiary/aromatic N) is 1. The Hall–Kier alpha value is -1.88. The summed E-state index contributed by atoms with van der Waals surface area (Å²) in [6, 6.07) is 9.77. The lowest BCUT2D eigenvalue weighted by Crippen LogP contribution is -2.44. The van der Waals surface area contributed by atoms with Crippen molar-refractivity contribution in [2.45, 2.75) is 26.4 Å². The predicted octanol–water partition coefficient (Wildman–Crippen LogP) is 0.499. The summed E-state index contributed by atoms with van der Waals surface area (Å²) in [5.74, 6) is -0.539. The molecule has 0 heterocycles. The number of benzene rings is 1. The van der Waals surface area contributed by atoms with Gasteiger partial charge in [0.15, 0.2) is 0 Å². The van der Waals surface area contributed by atoms with E-state index in [1.165, 1.54) is 0 Å². The first-order valence-electron chi connectivity index (χ1n) is 6.32. The van der Waals surface area contributed by atoms with Crippen molar-refractivity contribution in [2.75, 3.05) is 13.1 Å². The van der Waals surface area contributed by atoms with Crippen LogP contribution in [0.2, 0.25) is 0 Å². The number of nitrogens with two attached hydrogens (primary N) is 1. The number of hydrogen-bond donors (Lipinski definition) is 2. The minimum absolute atomic E-state index is 0.0926. The van der Waals surface area contributed by atoms with Gasteiger partial charge in [-0.15, -0.1) is 0 Å². The first kappa shape index (κ1) is 15.2. The molecule has 5 heteroatoms. The highest BCUT2D eigenvalue weighted by Gasteiger charge is 2.15. The molecule has 19 heavy (non-hydrogen) atoms. The van der Waals surface area contributed by atoms with Gasteiger partial charge in [-0.25, -0.2) is 0 Å². The molecular weight excluding hydrogens is 242 g/mol. The summed E-state index contributed by atoms with van der Waals surface area (Å²) in [6.07, 6.45) is 0. The smallest absolute Gasteiger partial charge is 0.234 e. The molecule has 0 radical (unpaired) electrons. The normalized spacial score (nSPS) is 10.7. The number of carbonyl (C=O) groups excluding carboxylic acids is 2. The Kier molecular flexibility index (Phi) is 6.02. The molecule has 0 aliphatic carbocycles. The molecule has 1 rings (SSSR count). The van der Waals surface area contributed by atoms with E-state index < -0.39 is 5.91 Å². The number of primary amides is 1. The average molecular weight is 263 g/mol. The van der Waals surface area contributed by atoms with Gasteiger partial charge < -0.3 is 11.1 Å². The topological polar surface area (TPSA) is 75.4 Å². The quantitative estimate of drug-likeness (QED) is 0.752. The van der Waals surface area contributed by atoms with Crippen LogP contribution in [0.5, 0.6) is 0 Å². The van der Waals surface area contributed by atoms with Gasteiger partial charge in [0.2, 0.25) is 11.8 Å². The van der Waals surface area contributed by atoms with Crippen LogP contribution in [-0.4, -0.2) is 35.8 Å². The lowest BCUT2D eigenvalue weighted by molar-refractivity contribution is -0.124. The molecule has 0 aliphatic rings. The molecule has 0 aromatic heterocycles. The first-order valence-corrected chi connectivity index (χ1v) is 6.32. The van der Waals surface area contributed by atoms with Gasteiger partial charge in [-0.3, -0.25) is 14.5 Å². The van der Waals surface area contributed by atoms with Crippen molar-refractivity contribution in [1.82, 2.24) is 10.2 Å². The van der Waals surface area contributed by atoms with Crippen molar-refractivity contribution >= 4 is 11.8 Å². The van der Waals surface area contributed by atoms with Gasteiger partial charge >= 0.3 is 0 Å². The fourth-order valence-electron chi connectivity index (χ4n) is 1.66. The maximum atomic E-state index is 11.8. The lowest BCUT2D eigenvalue weighted by Gasteiger charge is -2.24. The zero-order valence-corrected chi connectivity index (χ0v) is 11.4. The van der Waals surface area contributed by atoms with E-state index in [0.717, 1.165) is 5.56 Å². The second-order valence-electron chi connectivity index (χ2n) is 4.73. The molecule has 0 fully saturated rings. The highest BCUT2D eigenvalue weighted by molar-refractivity contribution is 5.80. The fraction of sp³-hybridized carbons (Fsp3) is 0.429. The summed E-state index contributed by atoms with van der Waals surface area (Å²) in [7, 11) is 0. The fourth-order valence-corrected chi connectivity index (χ4v) is 1.66. The second kappa shape index (κ2) is 7.53. The first-order chi connectivity index (χ1) is 8.99. The largest absolute Gasteiger partial charge is 0.369 e. The molecule has 0 saturated heterocycles. The molecule has 2 amide bonds. The molecule has 0 saturated carbocycles. The molecule has 104 valence electrons. The van der Waals surface area contributed by atoms with E-state index in [0.29, 0.717) is 6.54 Å². The summed E-state index contributed by atoms with van der Waals surface area (Å²) < 4.78 is 0. The van der Waals surface area contributed by atoms with E-state index in [-0.39, 0.29) is 25.0 Å². The Bertz CT molecular complexity index is 418. The lowest BCUT2D eigenvalue weighted by atomic mass is 10.2. The van der Waals surface area contributed by atoms with Crippen molar-refractivity contribution < 1.29 is 9.59 Å². The standard InChI is InChI=1S/C14H21N3O2/c1-11(2)17(9-13(15)18)10-14(19)16-8-12-6-4-3-5-7-12/h3-7,11H,8-10H2,1-2H3,(H2,15,18)(H,16,19). The maximum absolute atomic E-state index is 11.8. The maximum Gasteiger partial charge on any atom is 0.234 e. The minimum atomic E-state index is -0.426. The number of hydrogen-bond acceptors (Lipinski definition) is 3. The Labute approximate surface area is 113 Å². The summed E-state index contributed by atoms with van der Waals surface area (Å²) in [5.41, 5.74) is 6.20. The van der Waals surface area contributed by atoms with E-state index in [2.05, 4.69) is 5.32 Å². The van der Waals surface area contributed by atoms with Gasteiger partial charge in [0.05, 0.1) is 13.1 Å². The third kappa shape index (κ3) is 6.01. The third-order valence-corrected chi connectivity index (χ3v) is 2.77. The van der Waals surface area contributed by atoms with E-state index in [1.54, 1.807) is 4.90 Å². The molecule has 1 aromatic carbocycles. The Balaban J connectivity index is 2.42. The zero-order chi connectivity index (χ0) is 14.3. The molecule has 0 spiro atoms. The van der Waals surface area contributed by atoms with Crippen LogP contribution in [0.1, 0.15) is 19.4 Å². The summed E-state index contributed by atoms with van der Waals surface area (Å²) >= 11 is 0. The van der Waals surface area contributed by atoms with Gasteiger partial charge in [0, 0.05) is 12.6 Å². The van der Waals surface area contributed by atoms with E-state index >= 15 is 0 Å². The highest BCUT2D eigenvalue weighted by Crippen LogP contribution is 1.99. The molecule has 5 nitrogen and oxygen atoms in total. The number of amides is 2. The van der Waals surface area contributed by atoms with E-state index in [1.807, 2.05) is 44.2 Å². The van der Waals surface area contributed by atoms with Gasteiger partial charge in [0.25, 0.3) is 0 Å². The number of rotatable bonds is 7. The van der Waals surface area contributed by atoms with Crippen LogP contribution in [0.4, 0.5) is 0 Å². The van der Waals surface area contributed by atoms with Crippen molar-refractivity contribution in [1.29, 1.82) is 0 Å².